The van der Waals surface area contributed by atoms with Gasteiger partial charge in [-0.2, -0.15) is 0 Å². The minimum Gasteiger partial charge on any atom is -0.545 e. The molecule has 1 aromatic carbocycles. The van der Waals surface area contributed by atoms with Gasteiger partial charge in [0.15, 0.2) is 5.43 Å². The topological polar surface area (TPSA) is 94.9 Å². The highest BCUT2D eigenvalue weighted by Crippen LogP contribution is 2.27. The highest BCUT2D eigenvalue weighted by molar-refractivity contribution is 5.92. The number of halogens is 1. The van der Waals surface area contributed by atoms with E-state index >= 15 is 0 Å². The van der Waals surface area contributed by atoms with E-state index in [1.165, 1.54) is 6.20 Å². The summed E-state index contributed by atoms with van der Waals surface area (Å²) in [5.41, 5.74) is -0.457. The Balaban J connectivity index is 1.61. The average molecular weight is 416 g/mol. The lowest BCUT2D eigenvalue weighted by atomic mass is 10.1. The molecule has 0 spiro atoms. The Morgan fingerprint density at radius 3 is 2.57 bits per heavy atom. The lowest BCUT2D eigenvalue weighted by molar-refractivity contribution is -0.255. The van der Waals surface area contributed by atoms with Crippen molar-refractivity contribution in [2.24, 2.45) is 0 Å². The van der Waals surface area contributed by atoms with E-state index < -0.39 is 22.8 Å². The molecular weight excluding hydrogens is 393 g/mol. The average Bonchev–Trinajstić information content (AvgIpc) is 3.28. The summed E-state index contributed by atoms with van der Waals surface area (Å²) in [7, 11) is 0. The van der Waals surface area contributed by atoms with Gasteiger partial charge in [0.1, 0.15) is 11.9 Å². The predicted octanol–water partition coefficient (Wildman–Crippen LogP) is 0.352. The second kappa shape index (κ2) is 8.06. The third kappa shape index (κ3) is 3.54. The van der Waals surface area contributed by atoms with Crippen LogP contribution in [0.3, 0.4) is 0 Å². The Hall–Kier alpha value is -2.94. The lowest BCUT2D eigenvalue weighted by Crippen LogP contribution is -2.51. The van der Waals surface area contributed by atoms with E-state index in [1.807, 2.05) is 11.8 Å². The summed E-state index contributed by atoms with van der Waals surface area (Å²) < 4.78 is 22.0. The van der Waals surface area contributed by atoms with Crippen molar-refractivity contribution in [1.82, 2.24) is 9.47 Å². The van der Waals surface area contributed by atoms with Crippen LogP contribution in [-0.4, -0.2) is 60.2 Å². The number of benzene rings is 1. The van der Waals surface area contributed by atoms with Crippen LogP contribution in [-0.2, 0) is 16.1 Å². The number of piperazine rings is 1. The molecule has 0 aliphatic carbocycles. The van der Waals surface area contributed by atoms with E-state index in [2.05, 4.69) is 0 Å². The second-order valence-electron chi connectivity index (χ2n) is 7.58. The lowest BCUT2D eigenvalue weighted by Gasteiger charge is -2.37. The number of aromatic nitrogens is 1. The van der Waals surface area contributed by atoms with Gasteiger partial charge in [0.05, 0.1) is 22.7 Å². The van der Waals surface area contributed by atoms with Gasteiger partial charge >= 0.3 is 0 Å². The van der Waals surface area contributed by atoms with E-state index in [0.29, 0.717) is 50.5 Å². The van der Waals surface area contributed by atoms with Crippen LogP contribution in [0.15, 0.2) is 23.1 Å². The Morgan fingerprint density at radius 2 is 1.97 bits per heavy atom. The fourth-order valence-electron chi connectivity index (χ4n) is 4.19. The molecule has 2 aliphatic heterocycles. The number of carbonyl (C=O) groups excluding carboxylic acids is 2. The van der Waals surface area contributed by atoms with Gasteiger partial charge < -0.3 is 29.0 Å². The van der Waals surface area contributed by atoms with Crippen molar-refractivity contribution in [3.05, 3.63) is 39.9 Å². The van der Waals surface area contributed by atoms with Crippen LogP contribution in [0.5, 0.6) is 0 Å². The zero-order chi connectivity index (χ0) is 21.4. The largest absolute Gasteiger partial charge is 0.545 e. The number of amides is 1. The Bertz CT molecular complexity index is 1050. The van der Waals surface area contributed by atoms with Crippen LogP contribution in [0.1, 0.15) is 30.1 Å². The number of carbonyl (C=O) groups is 2. The van der Waals surface area contributed by atoms with Crippen molar-refractivity contribution in [2.45, 2.75) is 32.4 Å². The van der Waals surface area contributed by atoms with E-state index in [-0.39, 0.29) is 17.4 Å². The van der Waals surface area contributed by atoms with Crippen LogP contribution in [0.25, 0.3) is 10.9 Å². The van der Waals surface area contributed by atoms with E-state index in [1.54, 1.807) is 15.5 Å². The quantitative estimate of drug-likeness (QED) is 0.714. The van der Waals surface area contributed by atoms with Crippen LogP contribution in [0.4, 0.5) is 10.1 Å². The second-order valence-corrected chi connectivity index (χ2v) is 7.58. The molecule has 1 aromatic heterocycles. The van der Waals surface area contributed by atoms with Gasteiger partial charge in [-0.3, -0.25) is 9.59 Å². The van der Waals surface area contributed by atoms with Crippen molar-refractivity contribution in [3.63, 3.8) is 0 Å². The molecule has 0 saturated carbocycles. The first-order valence-corrected chi connectivity index (χ1v) is 10.1. The summed E-state index contributed by atoms with van der Waals surface area (Å²) in [6.45, 7) is 4.65. The van der Waals surface area contributed by atoms with E-state index in [0.717, 1.165) is 18.9 Å². The highest BCUT2D eigenvalue weighted by Gasteiger charge is 2.31. The van der Waals surface area contributed by atoms with Crippen molar-refractivity contribution < 1.29 is 23.8 Å². The number of ether oxygens (including phenoxy) is 1. The first-order chi connectivity index (χ1) is 14.4. The Labute approximate surface area is 172 Å². The molecular formula is C21H23FN3O5-. The standard InChI is InChI=1S/C21H24FN3O5/c1-2-23-12-14(21(28)29)19(26)13-10-15(22)17(11-16(13)23)24-5-7-25(8-6-24)20(27)18-4-3-9-30-18/h10-12,18H,2-9H2,1H3,(H,28,29)/p-1/t18-/m1/s1. The molecule has 0 bridgehead atoms. The molecule has 8 nitrogen and oxygen atoms in total. The van der Waals surface area contributed by atoms with Gasteiger partial charge in [0.2, 0.25) is 0 Å². The molecule has 3 heterocycles. The van der Waals surface area contributed by atoms with Gasteiger partial charge in [-0.15, -0.1) is 0 Å². The molecule has 2 aromatic rings. The van der Waals surface area contributed by atoms with Crippen LogP contribution >= 0.6 is 0 Å². The first kappa shape index (κ1) is 20.3. The number of carboxylic acid groups (broad SMARTS) is 1. The minimum absolute atomic E-state index is 0.00648. The van der Waals surface area contributed by atoms with E-state index in [4.69, 9.17) is 4.74 Å². The van der Waals surface area contributed by atoms with Gasteiger partial charge in [0, 0.05) is 50.9 Å². The fraction of sp³-hybridized carbons (Fsp3) is 0.476. The zero-order valence-electron chi connectivity index (χ0n) is 16.7. The molecule has 1 amide bonds. The molecule has 2 saturated heterocycles. The maximum Gasteiger partial charge on any atom is 0.251 e. The van der Waals surface area contributed by atoms with Crippen LogP contribution in [0.2, 0.25) is 0 Å². The number of rotatable bonds is 4. The first-order valence-electron chi connectivity index (χ1n) is 10.1. The Kier molecular flexibility index (Phi) is 5.46. The molecule has 0 radical (unpaired) electrons. The SMILES string of the molecule is CCn1cc(C(=O)[O-])c(=O)c2cc(F)c(N3CCN(C(=O)[C@H]4CCCO4)CC3)cc21. The molecule has 30 heavy (non-hydrogen) atoms. The number of aromatic carboxylic acids is 1. The molecule has 4 rings (SSSR count). The van der Waals surface area contributed by atoms with Gasteiger partial charge in [-0.05, 0) is 31.9 Å². The monoisotopic (exact) mass is 416 g/mol. The molecule has 2 fully saturated rings. The molecule has 2 aliphatic rings. The molecule has 9 heteroatoms. The maximum atomic E-state index is 14.9. The summed E-state index contributed by atoms with van der Waals surface area (Å²) in [6.07, 6.45) is 2.49. The van der Waals surface area contributed by atoms with Gasteiger partial charge in [0.25, 0.3) is 5.91 Å². The summed E-state index contributed by atoms with van der Waals surface area (Å²) in [5.74, 6) is -2.20. The predicted molar refractivity (Wildman–Crippen MR) is 106 cm³/mol. The highest BCUT2D eigenvalue weighted by atomic mass is 19.1. The molecule has 1 atom stereocenters. The maximum absolute atomic E-state index is 14.9. The smallest absolute Gasteiger partial charge is 0.251 e. The fourth-order valence-corrected chi connectivity index (χ4v) is 4.19. The number of pyridine rings is 1. The summed E-state index contributed by atoms with van der Waals surface area (Å²) in [4.78, 5) is 39.8. The molecule has 0 N–H and O–H groups in total. The number of fused-ring (bicyclic) bond motifs is 1. The number of aryl methyl sites for hydroxylation is 1. The zero-order valence-corrected chi connectivity index (χ0v) is 16.7. The number of nitrogens with zero attached hydrogens (tertiary/aromatic N) is 3. The van der Waals surface area contributed by atoms with Crippen molar-refractivity contribution in [2.75, 3.05) is 37.7 Å². The van der Waals surface area contributed by atoms with Gasteiger partial charge in [-0.25, -0.2) is 4.39 Å². The van der Waals surface area contributed by atoms with Crippen molar-refractivity contribution in [1.29, 1.82) is 0 Å². The number of anilines is 1. The van der Waals surface area contributed by atoms with E-state index in [9.17, 15) is 23.9 Å². The number of hydrogen-bond donors (Lipinski definition) is 0. The number of carboxylic acids is 1. The third-order valence-corrected chi connectivity index (χ3v) is 5.85. The molecule has 0 unspecified atom stereocenters. The molecule has 160 valence electrons. The van der Waals surface area contributed by atoms with Crippen LogP contribution < -0.4 is 15.4 Å². The van der Waals surface area contributed by atoms with Crippen molar-refractivity contribution >= 4 is 28.5 Å². The summed E-state index contributed by atoms with van der Waals surface area (Å²) >= 11 is 0. The summed E-state index contributed by atoms with van der Waals surface area (Å²) in [5, 5.41) is 11.3. The third-order valence-electron chi connectivity index (χ3n) is 5.85. The summed E-state index contributed by atoms with van der Waals surface area (Å²) in [6, 6.07) is 2.67. The van der Waals surface area contributed by atoms with Crippen molar-refractivity contribution in [3.8, 4) is 0 Å². The van der Waals surface area contributed by atoms with Gasteiger partial charge in [-0.1, -0.05) is 0 Å². The van der Waals surface area contributed by atoms with Crippen LogP contribution in [0, 0.1) is 5.82 Å². The minimum atomic E-state index is -1.58. The number of hydrogen-bond acceptors (Lipinski definition) is 6. The normalized spacial score (nSPS) is 19.5. The Morgan fingerprint density at radius 1 is 1.23 bits per heavy atom.